The highest BCUT2D eigenvalue weighted by Crippen LogP contribution is 2.28. The molecule has 2 aromatic carbocycles. The largest absolute Gasteiger partial charge is 0.495 e. The molecule has 106 valence electrons. The van der Waals surface area contributed by atoms with Gasteiger partial charge in [-0.1, -0.05) is 36.4 Å². The molecule has 21 heavy (non-hydrogen) atoms. The molecule has 0 aromatic heterocycles. The van der Waals surface area contributed by atoms with Crippen molar-refractivity contribution in [2.45, 2.75) is 6.04 Å². The Hall–Kier alpha value is -2.84. The second-order valence-electron chi connectivity index (χ2n) is 4.37. The van der Waals surface area contributed by atoms with Gasteiger partial charge in [0.2, 0.25) is 5.91 Å². The van der Waals surface area contributed by atoms with E-state index in [2.05, 4.69) is 5.32 Å². The first-order valence-corrected chi connectivity index (χ1v) is 6.36. The zero-order valence-corrected chi connectivity index (χ0v) is 11.5. The van der Waals surface area contributed by atoms with Crippen molar-refractivity contribution in [3.8, 4) is 11.8 Å². The van der Waals surface area contributed by atoms with E-state index in [1.54, 1.807) is 30.3 Å². The molecule has 5 nitrogen and oxygen atoms in total. The number of methoxy groups -OCH3 is 1. The second kappa shape index (κ2) is 6.55. The van der Waals surface area contributed by atoms with Crippen LogP contribution in [0, 0.1) is 11.3 Å². The molecular formula is C16H15N3O2. The van der Waals surface area contributed by atoms with Crippen LogP contribution in [0.25, 0.3) is 0 Å². The van der Waals surface area contributed by atoms with Crippen LogP contribution in [0.1, 0.15) is 17.2 Å². The van der Waals surface area contributed by atoms with Crippen molar-refractivity contribution in [1.82, 2.24) is 0 Å². The zero-order valence-electron chi connectivity index (χ0n) is 11.5. The lowest BCUT2D eigenvalue weighted by Gasteiger charge is -2.15. The molecule has 0 fully saturated rings. The number of carbonyl (C=O) groups excluding carboxylic acids is 1. The predicted octanol–water partition coefficient (Wildman–Crippen LogP) is 2.21. The molecule has 0 saturated carbocycles. The minimum atomic E-state index is -0.817. The molecule has 2 aromatic rings. The Kier molecular flexibility index (Phi) is 4.54. The number of carbonyl (C=O) groups is 1. The highest BCUT2D eigenvalue weighted by Gasteiger charge is 2.19. The van der Waals surface area contributed by atoms with E-state index < -0.39 is 11.9 Å². The third-order valence-electron chi connectivity index (χ3n) is 3.06. The molecule has 0 aliphatic rings. The third kappa shape index (κ3) is 3.19. The van der Waals surface area contributed by atoms with Crippen LogP contribution in [0.5, 0.6) is 5.75 Å². The molecular weight excluding hydrogens is 266 g/mol. The molecule has 0 aliphatic carbocycles. The number of rotatable bonds is 4. The molecule has 1 atom stereocenters. The summed E-state index contributed by atoms with van der Waals surface area (Å²) in [5.74, 6) is 0.0184. The number of anilines is 1. The topological polar surface area (TPSA) is 88.1 Å². The lowest BCUT2D eigenvalue weighted by molar-refractivity contribution is -0.117. The first kappa shape index (κ1) is 14.6. The van der Waals surface area contributed by atoms with E-state index in [-0.39, 0.29) is 0 Å². The molecule has 5 heteroatoms. The van der Waals surface area contributed by atoms with E-state index in [1.165, 1.54) is 7.11 Å². The van der Waals surface area contributed by atoms with Gasteiger partial charge in [-0.2, -0.15) is 5.26 Å². The van der Waals surface area contributed by atoms with Crippen LogP contribution in [0.15, 0.2) is 48.5 Å². The van der Waals surface area contributed by atoms with E-state index in [1.807, 2.05) is 24.3 Å². The number of amides is 1. The Bertz CT molecular complexity index is 678. The summed E-state index contributed by atoms with van der Waals surface area (Å²) in [7, 11) is 1.48. The number of nitrogens with zero attached hydrogens (tertiary/aromatic N) is 1. The maximum Gasteiger partial charge on any atom is 0.246 e. The smallest absolute Gasteiger partial charge is 0.246 e. The van der Waals surface area contributed by atoms with Crippen molar-refractivity contribution < 1.29 is 9.53 Å². The monoisotopic (exact) mass is 281 g/mol. The normalized spacial score (nSPS) is 11.3. The lowest BCUT2D eigenvalue weighted by Crippen LogP contribution is -2.28. The number of hydrogen-bond acceptors (Lipinski definition) is 4. The van der Waals surface area contributed by atoms with Gasteiger partial charge in [-0.15, -0.1) is 0 Å². The summed E-state index contributed by atoms with van der Waals surface area (Å²) in [5.41, 5.74) is 7.29. The fourth-order valence-electron chi connectivity index (χ4n) is 1.94. The first-order chi connectivity index (χ1) is 10.2. The Morgan fingerprint density at radius 1 is 1.24 bits per heavy atom. The minimum absolute atomic E-state index is 0.322. The van der Waals surface area contributed by atoms with E-state index in [0.717, 1.165) is 0 Å². The highest BCUT2D eigenvalue weighted by atomic mass is 16.5. The van der Waals surface area contributed by atoms with Gasteiger partial charge >= 0.3 is 0 Å². The second-order valence-corrected chi connectivity index (χ2v) is 4.37. The fraction of sp³-hybridized carbons (Fsp3) is 0.125. The standard InChI is InChI=1S/C16H15N3O2/c1-21-13-9-5-8-12(10-17)15(13)19-16(20)14(18)11-6-3-2-4-7-11/h2-9,14H,18H2,1H3,(H,19,20)/t14-/m0/s1. The Labute approximate surface area is 123 Å². The average molecular weight is 281 g/mol. The van der Waals surface area contributed by atoms with Crippen LogP contribution in [0.3, 0.4) is 0 Å². The summed E-state index contributed by atoms with van der Waals surface area (Å²) >= 11 is 0. The summed E-state index contributed by atoms with van der Waals surface area (Å²) in [4.78, 5) is 12.2. The Morgan fingerprint density at radius 3 is 2.57 bits per heavy atom. The van der Waals surface area contributed by atoms with Gasteiger partial charge in [-0.25, -0.2) is 0 Å². The van der Waals surface area contributed by atoms with Crippen molar-refractivity contribution in [3.05, 3.63) is 59.7 Å². The quantitative estimate of drug-likeness (QED) is 0.899. The summed E-state index contributed by atoms with van der Waals surface area (Å²) < 4.78 is 5.17. The SMILES string of the molecule is COc1cccc(C#N)c1NC(=O)[C@@H](N)c1ccccc1. The first-order valence-electron chi connectivity index (χ1n) is 6.36. The number of ether oxygens (including phenoxy) is 1. The van der Waals surface area contributed by atoms with Crippen molar-refractivity contribution in [2.24, 2.45) is 5.73 Å². The highest BCUT2D eigenvalue weighted by molar-refractivity contribution is 5.97. The van der Waals surface area contributed by atoms with Crippen LogP contribution in [0.4, 0.5) is 5.69 Å². The van der Waals surface area contributed by atoms with Gasteiger partial charge < -0.3 is 15.8 Å². The van der Waals surface area contributed by atoms with E-state index in [4.69, 9.17) is 15.7 Å². The zero-order chi connectivity index (χ0) is 15.2. The molecule has 0 spiro atoms. The van der Waals surface area contributed by atoms with E-state index in [9.17, 15) is 4.79 Å². The Morgan fingerprint density at radius 2 is 1.95 bits per heavy atom. The summed E-state index contributed by atoms with van der Waals surface area (Å²) in [5, 5.41) is 11.8. The predicted molar refractivity (Wildman–Crippen MR) is 79.7 cm³/mol. The van der Waals surface area contributed by atoms with Gasteiger partial charge in [0.1, 0.15) is 23.5 Å². The molecule has 0 saturated heterocycles. The summed E-state index contributed by atoms with van der Waals surface area (Å²) in [6.07, 6.45) is 0. The van der Waals surface area contributed by atoms with Gasteiger partial charge in [0, 0.05) is 0 Å². The molecule has 1 amide bonds. The van der Waals surface area contributed by atoms with Crippen LogP contribution in [0.2, 0.25) is 0 Å². The molecule has 0 unspecified atom stereocenters. The molecule has 2 rings (SSSR count). The number of benzene rings is 2. The summed E-state index contributed by atoms with van der Waals surface area (Å²) in [6, 6.07) is 15.2. The summed E-state index contributed by atoms with van der Waals surface area (Å²) in [6.45, 7) is 0. The molecule has 0 heterocycles. The van der Waals surface area contributed by atoms with Crippen LogP contribution < -0.4 is 15.8 Å². The van der Waals surface area contributed by atoms with Crippen LogP contribution >= 0.6 is 0 Å². The number of nitriles is 1. The fourth-order valence-corrected chi connectivity index (χ4v) is 1.94. The number of nitrogens with two attached hydrogens (primary N) is 1. The van der Waals surface area contributed by atoms with Gasteiger partial charge in [0.25, 0.3) is 0 Å². The molecule has 0 bridgehead atoms. The number of para-hydroxylation sites is 1. The lowest BCUT2D eigenvalue weighted by atomic mass is 10.1. The average Bonchev–Trinajstić information content (AvgIpc) is 2.55. The van der Waals surface area contributed by atoms with Crippen LogP contribution in [-0.4, -0.2) is 13.0 Å². The third-order valence-corrected chi connectivity index (χ3v) is 3.06. The number of nitrogens with one attached hydrogen (secondary N) is 1. The van der Waals surface area contributed by atoms with Gasteiger partial charge in [-0.05, 0) is 17.7 Å². The minimum Gasteiger partial charge on any atom is -0.495 e. The van der Waals surface area contributed by atoms with Crippen molar-refractivity contribution in [2.75, 3.05) is 12.4 Å². The van der Waals surface area contributed by atoms with Crippen molar-refractivity contribution >= 4 is 11.6 Å². The van der Waals surface area contributed by atoms with Crippen LogP contribution in [-0.2, 0) is 4.79 Å². The molecule has 3 N–H and O–H groups in total. The van der Waals surface area contributed by atoms with Gasteiger partial charge in [0.05, 0.1) is 12.7 Å². The number of hydrogen-bond donors (Lipinski definition) is 2. The molecule has 0 aliphatic heterocycles. The van der Waals surface area contributed by atoms with Crippen molar-refractivity contribution in [3.63, 3.8) is 0 Å². The molecule has 0 radical (unpaired) electrons. The maximum absolute atomic E-state index is 12.2. The van der Waals surface area contributed by atoms with Gasteiger partial charge in [-0.3, -0.25) is 4.79 Å². The maximum atomic E-state index is 12.2. The van der Waals surface area contributed by atoms with Gasteiger partial charge in [0.15, 0.2) is 0 Å². The Balaban J connectivity index is 2.26. The van der Waals surface area contributed by atoms with E-state index >= 15 is 0 Å². The van der Waals surface area contributed by atoms with Crippen molar-refractivity contribution in [1.29, 1.82) is 5.26 Å². The van der Waals surface area contributed by atoms with E-state index in [0.29, 0.717) is 22.6 Å².